The van der Waals surface area contributed by atoms with Gasteiger partial charge in [-0.2, -0.15) is 0 Å². The smallest absolute Gasteiger partial charge is 0.223 e. The van der Waals surface area contributed by atoms with Gasteiger partial charge in [-0.25, -0.2) is 0 Å². The summed E-state index contributed by atoms with van der Waals surface area (Å²) in [4.78, 5) is 14.0. The highest BCUT2D eigenvalue weighted by atomic mass is 35.5. The topological polar surface area (TPSA) is 55.6 Å². The van der Waals surface area contributed by atoms with E-state index in [0.717, 1.165) is 17.5 Å². The molecule has 2 N–H and O–H groups in total. The molecule has 1 fully saturated rings. The molecule has 2 unspecified atom stereocenters. The van der Waals surface area contributed by atoms with Crippen molar-refractivity contribution in [3.63, 3.8) is 0 Å². The molecule has 1 aliphatic heterocycles. The number of carbonyl (C=O) groups is 1. The number of amides is 1. The van der Waals surface area contributed by atoms with Crippen LogP contribution in [0.3, 0.4) is 0 Å². The summed E-state index contributed by atoms with van der Waals surface area (Å²) in [6.07, 6.45) is 1.23. The van der Waals surface area contributed by atoms with Crippen LogP contribution in [0.15, 0.2) is 18.2 Å². The number of rotatable bonds is 4. The maximum Gasteiger partial charge on any atom is 0.223 e. The van der Waals surface area contributed by atoms with E-state index in [4.69, 9.17) is 22.1 Å². The molecular weight excluding hydrogens is 276 g/mol. The molecule has 1 aromatic carbocycles. The van der Waals surface area contributed by atoms with Gasteiger partial charge in [0.05, 0.1) is 12.6 Å². The van der Waals surface area contributed by atoms with Gasteiger partial charge in [0, 0.05) is 31.1 Å². The van der Waals surface area contributed by atoms with E-state index in [2.05, 4.69) is 0 Å². The van der Waals surface area contributed by atoms with Crippen molar-refractivity contribution in [1.82, 2.24) is 4.90 Å². The molecule has 4 nitrogen and oxygen atoms in total. The fraction of sp³-hybridized carbons (Fsp3) is 0.533. The monoisotopic (exact) mass is 296 g/mol. The lowest BCUT2D eigenvalue weighted by atomic mass is 9.88. The van der Waals surface area contributed by atoms with Crippen molar-refractivity contribution in [1.29, 1.82) is 0 Å². The number of piperidine rings is 1. The lowest BCUT2D eigenvalue weighted by Gasteiger charge is -2.40. The van der Waals surface area contributed by atoms with Crippen LogP contribution in [0.4, 0.5) is 0 Å². The Labute approximate surface area is 124 Å². The minimum Gasteiger partial charge on any atom is -0.383 e. The summed E-state index contributed by atoms with van der Waals surface area (Å²) in [5.74, 6) is 0.142. The Balaban J connectivity index is 2.34. The summed E-state index contributed by atoms with van der Waals surface area (Å²) in [7, 11) is 1.64. The van der Waals surface area contributed by atoms with Crippen molar-refractivity contribution in [3.05, 3.63) is 34.3 Å². The van der Waals surface area contributed by atoms with Crippen LogP contribution in [0, 0.1) is 6.92 Å². The highest BCUT2D eigenvalue weighted by Crippen LogP contribution is 2.33. The van der Waals surface area contributed by atoms with Gasteiger partial charge in [0.15, 0.2) is 0 Å². The zero-order valence-corrected chi connectivity index (χ0v) is 12.7. The normalized spacial score (nSPS) is 23.2. The Bertz CT molecular complexity index is 493. The second-order valence-corrected chi connectivity index (χ2v) is 5.66. The molecule has 0 saturated carbocycles. The summed E-state index contributed by atoms with van der Waals surface area (Å²) in [6, 6.07) is 5.59. The Hall–Kier alpha value is -1.10. The summed E-state index contributed by atoms with van der Waals surface area (Å²) in [5, 5.41) is 0.699. The maximum absolute atomic E-state index is 12.2. The van der Waals surface area contributed by atoms with Crippen LogP contribution in [0.25, 0.3) is 0 Å². The van der Waals surface area contributed by atoms with E-state index in [1.165, 1.54) is 0 Å². The fourth-order valence-electron chi connectivity index (χ4n) is 2.80. The van der Waals surface area contributed by atoms with Crippen molar-refractivity contribution in [3.8, 4) is 0 Å². The fourth-order valence-corrected chi connectivity index (χ4v) is 3.03. The zero-order valence-electron chi connectivity index (χ0n) is 11.9. The van der Waals surface area contributed by atoms with E-state index < -0.39 is 0 Å². The van der Waals surface area contributed by atoms with E-state index in [9.17, 15) is 4.79 Å². The molecular formula is C15H21ClN2O2. The van der Waals surface area contributed by atoms with Gasteiger partial charge in [0.1, 0.15) is 0 Å². The number of methoxy groups -OCH3 is 1. The van der Waals surface area contributed by atoms with E-state index >= 15 is 0 Å². The molecule has 1 saturated heterocycles. The van der Waals surface area contributed by atoms with Gasteiger partial charge in [-0.05, 0) is 36.6 Å². The first-order valence-corrected chi connectivity index (χ1v) is 7.22. The van der Waals surface area contributed by atoms with Gasteiger partial charge in [0.25, 0.3) is 0 Å². The van der Waals surface area contributed by atoms with Gasteiger partial charge < -0.3 is 15.4 Å². The number of likely N-dealkylation sites (tertiary alicyclic amines) is 1. The number of ether oxygens (including phenoxy) is 1. The Morgan fingerprint density at radius 1 is 1.50 bits per heavy atom. The third-order valence-corrected chi connectivity index (χ3v) is 4.08. The first-order valence-electron chi connectivity index (χ1n) is 6.84. The van der Waals surface area contributed by atoms with Crippen LogP contribution in [0.2, 0.25) is 5.02 Å². The molecule has 2 atom stereocenters. The predicted molar refractivity (Wildman–Crippen MR) is 79.7 cm³/mol. The van der Waals surface area contributed by atoms with Crippen LogP contribution in [-0.2, 0) is 9.53 Å². The van der Waals surface area contributed by atoms with Crippen molar-refractivity contribution in [2.24, 2.45) is 5.73 Å². The van der Waals surface area contributed by atoms with Gasteiger partial charge in [-0.15, -0.1) is 0 Å². The minimum absolute atomic E-state index is 0.0515. The SMILES string of the molecule is COCCN1C(=O)CCC(N)C1c1ccc(Cl)cc1C. The minimum atomic E-state index is -0.0938. The van der Waals surface area contributed by atoms with Crippen molar-refractivity contribution >= 4 is 17.5 Å². The van der Waals surface area contributed by atoms with Crippen LogP contribution in [0.5, 0.6) is 0 Å². The van der Waals surface area contributed by atoms with E-state index in [1.54, 1.807) is 7.11 Å². The lowest BCUT2D eigenvalue weighted by molar-refractivity contribution is -0.138. The Morgan fingerprint density at radius 2 is 2.25 bits per heavy atom. The number of nitrogens with two attached hydrogens (primary N) is 1. The number of carbonyl (C=O) groups excluding carboxylic acids is 1. The molecule has 0 aromatic heterocycles. The molecule has 0 spiro atoms. The summed E-state index contributed by atoms with van der Waals surface area (Å²) >= 11 is 6.01. The number of halogens is 1. The van der Waals surface area contributed by atoms with Crippen LogP contribution in [0.1, 0.15) is 30.0 Å². The highest BCUT2D eigenvalue weighted by molar-refractivity contribution is 6.30. The van der Waals surface area contributed by atoms with Crippen LogP contribution < -0.4 is 5.73 Å². The average molecular weight is 297 g/mol. The number of hydrogen-bond donors (Lipinski definition) is 1. The number of aryl methyl sites for hydroxylation is 1. The molecule has 1 aromatic rings. The first kappa shape index (κ1) is 15.3. The van der Waals surface area contributed by atoms with E-state index in [0.29, 0.717) is 24.6 Å². The zero-order chi connectivity index (χ0) is 14.7. The second-order valence-electron chi connectivity index (χ2n) is 5.23. The molecule has 20 heavy (non-hydrogen) atoms. The Morgan fingerprint density at radius 3 is 2.90 bits per heavy atom. The summed E-state index contributed by atoms with van der Waals surface area (Å²) in [5.41, 5.74) is 8.41. The van der Waals surface area contributed by atoms with Crippen molar-refractivity contribution in [2.75, 3.05) is 20.3 Å². The quantitative estimate of drug-likeness (QED) is 0.927. The highest BCUT2D eigenvalue weighted by Gasteiger charge is 2.35. The molecule has 1 amide bonds. The molecule has 5 heteroatoms. The molecule has 1 aliphatic rings. The van der Waals surface area contributed by atoms with Crippen molar-refractivity contribution < 1.29 is 9.53 Å². The largest absolute Gasteiger partial charge is 0.383 e. The average Bonchev–Trinajstić information content (AvgIpc) is 2.41. The second kappa shape index (κ2) is 6.57. The third kappa shape index (κ3) is 3.14. The van der Waals surface area contributed by atoms with Gasteiger partial charge in [-0.3, -0.25) is 4.79 Å². The summed E-state index contributed by atoms with van der Waals surface area (Å²) < 4.78 is 5.11. The summed E-state index contributed by atoms with van der Waals surface area (Å²) in [6.45, 7) is 3.08. The van der Waals surface area contributed by atoms with Gasteiger partial charge in [-0.1, -0.05) is 17.7 Å². The molecule has 1 heterocycles. The van der Waals surface area contributed by atoms with E-state index in [-0.39, 0.29) is 18.0 Å². The molecule has 0 radical (unpaired) electrons. The molecule has 0 aliphatic carbocycles. The predicted octanol–water partition coefficient (Wildman–Crippen LogP) is 2.29. The number of benzene rings is 1. The number of hydrogen-bond acceptors (Lipinski definition) is 3. The number of nitrogens with zero attached hydrogens (tertiary/aromatic N) is 1. The Kier molecular flexibility index (Phi) is 5.02. The molecule has 2 rings (SSSR count). The lowest BCUT2D eigenvalue weighted by Crippen LogP contribution is -2.50. The van der Waals surface area contributed by atoms with Gasteiger partial charge in [0.2, 0.25) is 5.91 Å². The van der Waals surface area contributed by atoms with Gasteiger partial charge >= 0.3 is 0 Å². The van der Waals surface area contributed by atoms with Crippen LogP contribution in [-0.4, -0.2) is 37.1 Å². The standard InChI is InChI=1S/C15H21ClN2O2/c1-10-9-11(16)3-4-12(10)15-13(17)5-6-14(19)18(15)7-8-20-2/h3-4,9,13,15H,5-8,17H2,1-2H3. The third-order valence-electron chi connectivity index (χ3n) is 3.84. The van der Waals surface area contributed by atoms with E-state index in [1.807, 2.05) is 30.0 Å². The molecule has 0 bridgehead atoms. The van der Waals surface area contributed by atoms with Crippen LogP contribution >= 0.6 is 11.6 Å². The first-order chi connectivity index (χ1) is 9.54. The van der Waals surface area contributed by atoms with Crippen molar-refractivity contribution in [2.45, 2.75) is 31.8 Å². The molecule has 110 valence electrons. The maximum atomic E-state index is 12.2.